The number of rotatable bonds is 9. The van der Waals surface area contributed by atoms with Gasteiger partial charge in [-0.2, -0.15) is 5.26 Å². The number of piperidine rings is 1. The molecule has 2 aromatic rings. The van der Waals surface area contributed by atoms with E-state index in [1.807, 2.05) is 0 Å². The number of nitrogens with zero attached hydrogens (tertiary/aromatic N) is 4. The molecule has 8 nitrogen and oxygen atoms in total. The SMILES string of the molecule is C=C(Cc1cc(Cl)cc(Cl)c1)C(C(CN(C)C(=O)N1CCCC(C(C)=O)C1)c1ccc(C#N)cc1)N(N)C(C)=O.CCC. The monoisotopic (exact) mass is 627 g/mol. The van der Waals surface area contributed by atoms with Gasteiger partial charge in [0, 0.05) is 55.5 Å². The van der Waals surface area contributed by atoms with Crippen LogP contribution in [0.2, 0.25) is 10.0 Å². The number of nitrogens with two attached hydrogens (primary N) is 1. The van der Waals surface area contributed by atoms with Crippen LogP contribution in [0.5, 0.6) is 0 Å². The van der Waals surface area contributed by atoms with Crippen molar-refractivity contribution in [3.63, 3.8) is 0 Å². The standard InChI is InChI=1S/C30H35Cl2N5O3.C3H8/c1-19(12-23-13-26(31)15-27(32)14-23)29(37(34)21(3)39)28(24-9-7-22(16-33)8-10-24)18-35(4)30(40)36-11-5-6-25(17-36)20(2)38;1-3-2/h7-10,13-15,25,28-29H,1,5-6,11-12,17-18,34H2,2-4H3;3H2,1-2H3. The molecular weight excluding hydrogens is 585 g/mol. The number of ketones is 1. The molecule has 0 saturated carbocycles. The second-order valence-corrected chi connectivity index (χ2v) is 12.0. The number of urea groups is 1. The van der Waals surface area contributed by atoms with Gasteiger partial charge in [-0.15, -0.1) is 0 Å². The lowest BCUT2D eigenvalue weighted by atomic mass is 9.84. The van der Waals surface area contributed by atoms with Gasteiger partial charge in [0.05, 0.1) is 17.7 Å². The van der Waals surface area contributed by atoms with Crippen LogP contribution >= 0.6 is 23.2 Å². The first-order valence-electron chi connectivity index (χ1n) is 14.5. The van der Waals surface area contributed by atoms with Crippen molar-refractivity contribution in [1.82, 2.24) is 14.8 Å². The Morgan fingerprint density at radius 1 is 1.12 bits per heavy atom. The van der Waals surface area contributed by atoms with Gasteiger partial charge in [0.1, 0.15) is 5.78 Å². The molecule has 2 N–H and O–H groups in total. The maximum atomic E-state index is 13.5. The van der Waals surface area contributed by atoms with Gasteiger partial charge in [-0.25, -0.2) is 10.6 Å². The number of hydrogen-bond donors (Lipinski definition) is 1. The van der Waals surface area contributed by atoms with E-state index < -0.39 is 12.0 Å². The molecule has 0 spiro atoms. The summed E-state index contributed by atoms with van der Waals surface area (Å²) in [6, 6.07) is 13.4. The minimum Gasteiger partial charge on any atom is -0.327 e. The van der Waals surface area contributed by atoms with Gasteiger partial charge < -0.3 is 9.80 Å². The number of amides is 3. The normalized spacial score (nSPS) is 15.7. The van der Waals surface area contributed by atoms with Gasteiger partial charge in [-0.05, 0) is 73.2 Å². The van der Waals surface area contributed by atoms with Gasteiger partial charge in [0.2, 0.25) is 5.91 Å². The van der Waals surface area contributed by atoms with E-state index in [0.717, 1.165) is 29.0 Å². The Balaban J connectivity index is 0.00000206. The molecule has 2 aromatic carbocycles. The summed E-state index contributed by atoms with van der Waals surface area (Å²) < 4.78 is 0. The molecule has 1 fully saturated rings. The first kappa shape index (κ1) is 35.8. The van der Waals surface area contributed by atoms with Crippen molar-refractivity contribution in [2.75, 3.05) is 26.7 Å². The summed E-state index contributed by atoms with van der Waals surface area (Å²) in [6.07, 6.45) is 3.11. The summed E-state index contributed by atoms with van der Waals surface area (Å²) in [6.45, 7) is 12.6. The number of benzene rings is 2. The number of halogens is 2. The Morgan fingerprint density at radius 2 is 1.70 bits per heavy atom. The van der Waals surface area contributed by atoms with Gasteiger partial charge in [0.25, 0.3) is 0 Å². The minimum atomic E-state index is -0.704. The van der Waals surface area contributed by atoms with Gasteiger partial charge >= 0.3 is 6.03 Å². The zero-order chi connectivity index (χ0) is 32.3. The van der Waals surface area contributed by atoms with Crippen LogP contribution in [0, 0.1) is 17.2 Å². The Labute approximate surface area is 266 Å². The largest absolute Gasteiger partial charge is 0.327 e. The molecule has 1 heterocycles. The van der Waals surface area contributed by atoms with E-state index >= 15 is 0 Å². The number of hydrazine groups is 1. The fourth-order valence-corrected chi connectivity index (χ4v) is 5.81. The Bertz CT molecular complexity index is 1300. The van der Waals surface area contributed by atoms with Gasteiger partial charge in [-0.1, -0.05) is 62.2 Å². The number of hydrogen-bond acceptors (Lipinski definition) is 5. The molecule has 3 rings (SSSR count). The zero-order valence-corrected chi connectivity index (χ0v) is 27.3. The summed E-state index contributed by atoms with van der Waals surface area (Å²) in [5.41, 5.74) is 2.69. The van der Waals surface area contributed by atoms with Crippen molar-refractivity contribution in [2.45, 2.75) is 65.3 Å². The number of carbonyl (C=O) groups excluding carboxylic acids is 3. The van der Waals surface area contributed by atoms with Crippen LogP contribution in [0.3, 0.4) is 0 Å². The molecule has 3 amide bonds. The number of likely N-dealkylation sites (tertiary alicyclic amines) is 1. The lowest BCUT2D eigenvalue weighted by Crippen LogP contribution is -2.53. The van der Waals surface area contributed by atoms with Crippen LogP contribution in [0.15, 0.2) is 54.6 Å². The van der Waals surface area contributed by atoms with E-state index in [-0.39, 0.29) is 30.2 Å². The van der Waals surface area contributed by atoms with Crippen molar-refractivity contribution in [2.24, 2.45) is 11.8 Å². The number of Topliss-reactive ketones (excluding diaryl/α,β-unsaturated/α-hetero) is 1. The van der Waals surface area contributed by atoms with Gasteiger partial charge in [-0.3, -0.25) is 14.6 Å². The first-order valence-corrected chi connectivity index (χ1v) is 15.3. The number of carbonyl (C=O) groups is 3. The smallest absolute Gasteiger partial charge is 0.319 e. The third-order valence-corrected chi connectivity index (χ3v) is 7.78. The molecule has 10 heteroatoms. The maximum Gasteiger partial charge on any atom is 0.319 e. The average Bonchev–Trinajstić information content (AvgIpc) is 2.96. The first-order chi connectivity index (χ1) is 20.3. The number of nitriles is 1. The van der Waals surface area contributed by atoms with E-state index in [2.05, 4.69) is 26.5 Å². The maximum absolute atomic E-state index is 13.5. The summed E-state index contributed by atoms with van der Waals surface area (Å²) in [7, 11) is 1.70. The molecular formula is C33H43Cl2N5O3. The van der Waals surface area contributed by atoms with E-state index in [1.54, 1.807) is 66.2 Å². The van der Waals surface area contributed by atoms with E-state index in [4.69, 9.17) is 29.0 Å². The third-order valence-electron chi connectivity index (χ3n) is 7.35. The third kappa shape index (κ3) is 10.4. The molecule has 0 aromatic heterocycles. The molecule has 0 aliphatic carbocycles. The summed E-state index contributed by atoms with van der Waals surface area (Å²) in [5, 5.41) is 11.4. The van der Waals surface area contributed by atoms with Crippen molar-refractivity contribution in [3.05, 3.63) is 81.4 Å². The predicted octanol–water partition coefficient (Wildman–Crippen LogP) is 6.61. The van der Waals surface area contributed by atoms with Crippen LogP contribution in [0.25, 0.3) is 0 Å². The molecule has 1 aliphatic heterocycles. The van der Waals surface area contributed by atoms with E-state index in [0.29, 0.717) is 40.7 Å². The topological polar surface area (TPSA) is 111 Å². The second kappa shape index (κ2) is 17.0. The summed E-state index contributed by atoms with van der Waals surface area (Å²) >= 11 is 12.4. The van der Waals surface area contributed by atoms with Crippen LogP contribution < -0.4 is 5.84 Å². The lowest BCUT2D eigenvalue weighted by molar-refractivity contribution is -0.131. The lowest BCUT2D eigenvalue weighted by Gasteiger charge is -2.39. The number of likely N-dealkylation sites (N-methyl/N-ethyl adjacent to an activating group) is 1. The van der Waals surface area contributed by atoms with E-state index in [1.165, 1.54) is 13.3 Å². The van der Waals surface area contributed by atoms with Gasteiger partial charge in [0.15, 0.2) is 0 Å². The molecule has 3 atom stereocenters. The van der Waals surface area contributed by atoms with Crippen molar-refractivity contribution in [1.29, 1.82) is 5.26 Å². The quantitative estimate of drug-likeness (QED) is 0.146. The van der Waals surface area contributed by atoms with Crippen LogP contribution in [0.1, 0.15) is 69.6 Å². The highest BCUT2D eigenvalue weighted by Gasteiger charge is 2.35. The summed E-state index contributed by atoms with van der Waals surface area (Å²) in [4.78, 5) is 41.4. The van der Waals surface area contributed by atoms with Crippen molar-refractivity contribution < 1.29 is 14.4 Å². The Morgan fingerprint density at radius 3 is 2.21 bits per heavy atom. The fourth-order valence-electron chi connectivity index (χ4n) is 5.24. The molecule has 1 saturated heterocycles. The van der Waals surface area contributed by atoms with Crippen LogP contribution in [0.4, 0.5) is 4.79 Å². The van der Waals surface area contributed by atoms with E-state index in [9.17, 15) is 19.6 Å². The van der Waals surface area contributed by atoms with Crippen molar-refractivity contribution >= 4 is 40.9 Å². The molecule has 0 radical (unpaired) electrons. The zero-order valence-electron chi connectivity index (χ0n) is 25.8. The molecule has 1 aliphatic rings. The Hall–Kier alpha value is -3.38. The molecule has 232 valence electrons. The van der Waals surface area contributed by atoms with Crippen molar-refractivity contribution in [3.8, 4) is 6.07 Å². The highest BCUT2D eigenvalue weighted by molar-refractivity contribution is 6.34. The molecule has 0 bridgehead atoms. The summed E-state index contributed by atoms with van der Waals surface area (Å²) in [5.74, 6) is 5.44. The highest BCUT2D eigenvalue weighted by atomic mass is 35.5. The molecule has 43 heavy (non-hydrogen) atoms. The molecule has 3 unspecified atom stereocenters. The Kier molecular flexibility index (Phi) is 14.2. The average molecular weight is 629 g/mol. The predicted molar refractivity (Wildman–Crippen MR) is 173 cm³/mol. The highest BCUT2D eigenvalue weighted by Crippen LogP contribution is 2.32. The fraction of sp³-hybridized carbons (Fsp3) is 0.455. The van der Waals surface area contributed by atoms with Crippen LogP contribution in [-0.2, 0) is 16.0 Å². The minimum absolute atomic E-state index is 0.0772. The second-order valence-electron chi connectivity index (χ2n) is 11.1. The van der Waals surface area contributed by atoms with Crippen LogP contribution in [-0.4, -0.2) is 65.3 Å².